The van der Waals surface area contributed by atoms with Gasteiger partial charge in [-0.05, 0) is 49.1 Å². The van der Waals surface area contributed by atoms with Crippen molar-refractivity contribution in [3.63, 3.8) is 0 Å². The van der Waals surface area contributed by atoms with E-state index in [9.17, 15) is 13.2 Å². The fourth-order valence-electron chi connectivity index (χ4n) is 3.82. The van der Waals surface area contributed by atoms with Crippen molar-refractivity contribution < 1.29 is 13.2 Å². The van der Waals surface area contributed by atoms with Crippen molar-refractivity contribution in [2.45, 2.75) is 39.1 Å². The van der Waals surface area contributed by atoms with Gasteiger partial charge in [-0.3, -0.25) is 4.79 Å². The summed E-state index contributed by atoms with van der Waals surface area (Å²) in [5, 5.41) is 9.91. The molecule has 1 N–H and O–H groups in total. The van der Waals surface area contributed by atoms with Crippen molar-refractivity contribution in [3.8, 4) is 10.6 Å². The van der Waals surface area contributed by atoms with E-state index in [0.29, 0.717) is 47.6 Å². The van der Waals surface area contributed by atoms with Gasteiger partial charge in [0.1, 0.15) is 0 Å². The van der Waals surface area contributed by atoms with Gasteiger partial charge in [-0.15, -0.1) is 11.3 Å². The number of sulfonamides is 1. The maximum Gasteiger partial charge on any atom is 0.256 e. The van der Waals surface area contributed by atoms with E-state index in [1.54, 1.807) is 54.3 Å². The molecule has 10 heteroatoms. The van der Waals surface area contributed by atoms with E-state index in [2.05, 4.69) is 10.4 Å². The molecule has 0 unspecified atom stereocenters. The molecule has 4 aromatic rings. The van der Waals surface area contributed by atoms with Gasteiger partial charge < -0.3 is 5.32 Å². The molecule has 0 saturated heterocycles. The normalized spacial score (nSPS) is 11.9. The van der Waals surface area contributed by atoms with Gasteiger partial charge in [-0.1, -0.05) is 26.0 Å². The van der Waals surface area contributed by atoms with E-state index in [-0.39, 0.29) is 10.8 Å². The van der Waals surface area contributed by atoms with Gasteiger partial charge in [-0.2, -0.15) is 9.40 Å². The molecule has 8 nitrogen and oxygen atoms in total. The van der Waals surface area contributed by atoms with Crippen LogP contribution in [0.3, 0.4) is 0 Å². The Morgan fingerprint density at radius 2 is 1.91 bits per heavy atom. The first-order chi connectivity index (χ1) is 16.3. The molecule has 0 aliphatic rings. The number of nitrogens with zero attached hydrogens (tertiary/aromatic N) is 4. The molecule has 178 valence electrons. The average molecular weight is 498 g/mol. The summed E-state index contributed by atoms with van der Waals surface area (Å²) in [6.45, 7) is 8.76. The van der Waals surface area contributed by atoms with Crippen LogP contribution in [0.5, 0.6) is 0 Å². The predicted octanol–water partition coefficient (Wildman–Crippen LogP) is 4.77. The van der Waals surface area contributed by atoms with Gasteiger partial charge in [-0.25, -0.2) is 18.1 Å². The number of hydrogen-bond acceptors (Lipinski definition) is 6. The monoisotopic (exact) mass is 497 g/mol. The molecule has 1 aromatic carbocycles. The minimum atomic E-state index is -3.65. The summed E-state index contributed by atoms with van der Waals surface area (Å²) in [7, 11) is -3.65. The third kappa shape index (κ3) is 4.36. The third-order valence-corrected chi connectivity index (χ3v) is 8.67. The van der Waals surface area contributed by atoms with E-state index in [1.807, 2.05) is 31.4 Å². The molecule has 0 saturated carbocycles. The van der Waals surface area contributed by atoms with Crippen molar-refractivity contribution in [2.75, 3.05) is 18.4 Å². The third-order valence-electron chi connectivity index (χ3n) is 5.73. The van der Waals surface area contributed by atoms with Crippen molar-refractivity contribution in [1.29, 1.82) is 0 Å². The number of amides is 1. The lowest BCUT2D eigenvalue weighted by atomic mass is 10.1. The van der Waals surface area contributed by atoms with E-state index in [4.69, 9.17) is 4.98 Å². The summed E-state index contributed by atoms with van der Waals surface area (Å²) in [6, 6.07) is 10.5. The fourth-order valence-corrected chi connectivity index (χ4v) is 5.99. The lowest BCUT2D eigenvalue weighted by molar-refractivity contribution is 0.102. The topological polar surface area (TPSA) is 97.2 Å². The largest absolute Gasteiger partial charge is 0.322 e. The predicted molar refractivity (Wildman–Crippen MR) is 136 cm³/mol. The van der Waals surface area contributed by atoms with Crippen LogP contribution in [0, 0.1) is 6.92 Å². The fraction of sp³-hybridized carbons (Fsp3) is 0.292. The number of benzene rings is 1. The Morgan fingerprint density at radius 1 is 1.15 bits per heavy atom. The standard InChI is InChI=1S/C24H27N5O3S2/c1-5-28(6-2)34(31,32)17-11-10-16(4)20(13-17)27-24(30)18-14-21(22-9-8-12-33-22)26-23-19(18)15-25-29(23)7-3/h8-15H,5-7H2,1-4H3,(H,27,30). The molecule has 0 radical (unpaired) electrons. The number of aryl methyl sites for hydroxylation is 2. The average Bonchev–Trinajstić information content (AvgIpc) is 3.50. The van der Waals surface area contributed by atoms with Crippen LogP contribution in [0.2, 0.25) is 0 Å². The molecule has 3 heterocycles. The van der Waals surface area contributed by atoms with Crippen LogP contribution in [0.1, 0.15) is 36.7 Å². The number of hydrogen-bond donors (Lipinski definition) is 1. The van der Waals surface area contributed by atoms with Crippen molar-refractivity contribution >= 4 is 44.0 Å². The molecular formula is C24H27N5O3S2. The summed E-state index contributed by atoms with van der Waals surface area (Å²) >= 11 is 1.54. The number of carbonyl (C=O) groups is 1. The van der Waals surface area contributed by atoms with Gasteiger partial charge >= 0.3 is 0 Å². The van der Waals surface area contributed by atoms with E-state index < -0.39 is 10.0 Å². The molecule has 4 rings (SSSR count). The number of fused-ring (bicyclic) bond motifs is 1. The molecule has 34 heavy (non-hydrogen) atoms. The van der Waals surface area contributed by atoms with Gasteiger partial charge in [0.15, 0.2) is 5.65 Å². The second kappa shape index (κ2) is 9.65. The molecule has 1 amide bonds. The molecule has 0 fully saturated rings. The summed E-state index contributed by atoms with van der Waals surface area (Å²) < 4.78 is 29.1. The first-order valence-electron chi connectivity index (χ1n) is 11.1. The van der Waals surface area contributed by atoms with Gasteiger partial charge in [0.05, 0.1) is 32.6 Å². The molecule has 0 aliphatic heterocycles. The van der Waals surface area contributed by atoms with E-state index >= 15 is 0 Å². The summed E-state index contributed by atoms with van der Waals surface area (Å²) in [5.41, 5.74) is 2.97. The van der Waals surface area contributed by atoms with Crippen LogP contribution >= 0.6 is 11.3 Å². The number of carbonyl (C=O) groups excluding carboxylic acids is 1. The Balaban J connectivity index is 1.76. The second-order valence-corrected chi connectivity index (χ2v) is 10.6. The number of nitrogens with one attached hydrogen (secondary N) is 1. The first-order valence-corrected chi connectivity index (χ1v) is 13.4. The number of pyridine rings is 1. The quantitative estimate of drug-likeness (QED) is 0.378. The second-order valence-electron chi connectivity index (χ2n) is 7.75. The Hall–Kier alpha value is -3.08. The lowest BCUT2D eigenvalue weighted by Gasteiger charge is -2.19. The van der Waals surface area contributed by atoms with Crippen LogP contribution in [0.15, 0.2) is 52.9 Å². The van der Waals surface area contributed by atoms with Crippen LogP contribution in [0.25, 0.3) is 21.6 Å². The number of aromatic nitrogens is 3. The Labute approximate surface area is 203 Å². The molecule has 3 aromatic heterocycles. The highest BCUT2D eigenvalue weighted by Gasteiger charge is 2.23. The van der Waals surface area contributed by atoms with Gasteiger partial charge in [0.2, 0.25) is 10.0 Å². The number of rotatable bonds is 8. The minimum absolute atomic E-state index is 0.148. The van der Waals surface area contributed by atoms with Crippen LogP contribution in [0.4, 0.5) is 5.69 Å². The summed E-state index contributed by atoms with van der Waals surface area (Å²) in [4.78, 5) is 19.3. The lowest BCUT2D eigenvalue weighted by Crippen LogP contribution is -2.30. The maximum absolute atomic E-state index is 13.5. The molecule has 0 aliphatic carbocycles. The molecule has 0 atom stereocenters. The molecule has 0 spiro atoms. The van der Waals surface area contributed by atoms with Crippen molar-refractivity contribution in [1.82, 2.24) is 19.1 Å². The van der Waals surface area contributed by atoms with E-state index in [0.717, 1.165) is 10.4 Å². The van der Waals surface area contributed by atoms with Gasteiger partial charge in [0, 0.05) is 25.3 Å². The maximum atomic E-state index is 13.5. The van der Waals surface area contributed by atoms with Crippen molar-refractivity contribution in [3.05, 3.63) is 59.1 Å². The minimum Gasteiger partial charge on any atom is -0.322 e. The Bertz CT molecular complexity index is 1440. The summed E-state index contributed by atoms with van der Waals surface area (Å²) in [5.74, 6) is -0.346. The first kappa shape index (κ1) is 24.1. The Kier molecular flexibility index (Phi) is 6.83. The van der Waals surface area contributed by atoms with E-state index in [1.165, 1.54) is 10.4 Å². The van der Waals surface area contributed by atoms with Crippen LogP contribution in [-0.2, 0) is 16.6 Å². The zero-order valence-electron chi connectivity index (χ0n) is 19.6. The smallest absolute Gasteiger partial charge is 0.256 e. The molecule has 0 bridgehead atoms. The highest BCUT2D eigenvalue weighted by atomic mass is 32.2. The SMILES string of the molecule is CCN(CC)S(=O)(=O)c1ccc(C)c(NC(=O)c2cc(-c3cccs3)nc3c2cnn3CC)c1. The molecular weight excluding hydrogens is 470 g/mol. The van der Waals surface area contributed by atoms with Crippen LogP contribution < -0.4 is 5.32 Å². The number of thiophene rings is 1. The summed E-state index contributed by atoms with van der Waals surface area (Å²) in [6.07, 6.45) is 1.65. The number of anilines is 1. The van der Waals surface area contributed by atoms with Crippen LogP contribution in [-0.4, -0.2) is 46.5 Å². The zero-order valence-corrected chi connectivity index (χ0v) is 21.2. The highest BCUT2D eigenvalue weighted by Crippen LogP contribution is 2.29. The van der Waals surface area contributed by atoms with Gasteiger partial charge in [0.25, 0.3) is 5.91 Å². The zero-order chi connectivity index (χ0) is 24.5. The van der Waals surface area contributed by atoms with Crippen molar-refractivity contribution in [2.24, 2.45) is 0 Å². The Morgan fingerprint density at radius 3 is 2.56 bits per heavy atom. The highest BCUT2D eigenvalue weighted by molar-refractivity contribution is 7.89.